The summed E-state index contributed by atoms with van der Waals surface area (Å²) in [6.07, 6.45) is -6.45. The first kappa shape index (κ1) is 11.1. The quantitative estimate of drug-likeness (QED) is 0.305. The highest BCUT2D eigenvalue weighted by Gasteiger charge is 2.53. The third-order valence-corrected chi connectivity index (χ3v) is 2.39. The molecule has 0 unspecified atom stereocenters. The van der Waals surface area contributed by atoms with E-state index in [2.05, 4.69) is 4.74 Å². The van der Waals surface area contributed by atoms with Crippen molar-refractivity contribution in [1.82, 2.24) is 0 Å². The van der Waals surface area contributed by atoms with E-state index >= 15 is 0 Å². The van der Waals surface area contributed by atoms with Gasteiger partial charge in [-0.25, -0.2) is 0 Å². The van der Waals surface area contributed by atoms with Crippen molar-refractivity contribution in [2.45, 2.75) is 29.7 Å². The normalized spacial score (nSPS) is 52.2. The molecular weight excluding hydrogens is 204 g/mol. The minimum atomic E-state index is -2.41. The summed E-state index contributed by atoms with van der Waals surface area (Å²) in [5.41, 5.74) is 0. The van der Waals surface area contributed by atoms with E-state index in [4.69, 9.17) is 26.9 Å². The van der Waals surface area contributed by atoms with E-state index < -0.39 is 36.3 Å². The smallest absolute Gasteiger partial charge is 0.198 e. The number of aliphatic hydroxyl groups excluding tert-OH is 4. The SMILES string of the molecule is OC[C@H]1O[C@H](O)[C@H](O)[C@](O)(Cl)[C@@H]1O. The van der Waals surface area contributed by atoms with Gasteiger partial charge in [0.2, 0.25) is 0 Å². The summed E-state index contributed by atoms with van der Waals surface area (Å²) in [7, 11) is 0. The van der Waals surface area contributed by atoms with Crippen LogP contribution in [0, 0.1) is 0 Å². The molecule has 1 saturated heterocycles. The van der Waals surface area contributed by atoms with Crippen LogP contribution in [-0.2, 0) is 4.74 Å². The van der Waals surface area contributed by atoms with Gasteiger partial charge in [0.25, 0.3) is 0 Å². The Hall–Kier alpha value is 0.0500. The van der Waals surface area contributed by atoms with Gasteiger partial charge in [-0.2, -0.15) is 0 Å². The zero-order valence-corrected chi connectivity index (χ0v) is 7.29. The summed E-state index contributed by atoms with van der Waals surface area (Å²) in [4.78, 5) is 0. The van der Waals surface area contributed by atoms with Gasteiger partial charge in [-0.1, -0.05) is 11.6 Å². The number of ether oxygens (including phenoxy) is 1. The van der Waals surface area contributed by atoms with Gasteiger partial charge < -0.3 is 30.3 Å². The van der Waals surface area contributed by atoms with E-state index in [1.807, 2.05) is 0 Å². The lowest BCUT2D eigenvalue weighted by Gasteiger charge is -2.42. The lowest BCUT2D eigenvalue weighted by Crippen LogP contribution is -2.64. The van der Waals surface area contributed by atoms with Crippen LogP contribution < -0.4 is 0 Å². The zero-order chi connectivity index (χ0) is 10.2. The number of hydrogen-bond donors (Lipinski definition) is 5. The summed E-state index contributed by atoms with van der Waals surface area (Å²) in [5, 5.41) is 42.9. The van der Waals surface area contributed by atoms with Crippen molar-refractivity contribution in [3.05, 3.63) is 0 Å². The van der Waals surface area contributed by atoms with Crippen molar-refractivity contribution in [2.75, 3.05) is 6.61 Å². The van der Waals surface area contributed by atoms with Gasteiger partial charge in [0.1, 0.15) is 18.3 Å². The van der Waals surface area contributed by atoms with Gasteiger partial charge >= 0.3 is 0 Å². The predicted octanol–water partition coefficient (Wildman–Crippen LogP) is -2.65. The standard InChI is InChI=1S/C6H11ClO6/c7-6(12)3(9)2(1-8)13-5(11)4(6)10/h2-5,8-12H,1H2/t2-,3-,4+,5+,6+/m1/s1. The molecule has 1 aliphatic heterocycles. The number of halogens is 1. The summed E-state index contributed by atoms with van der Waals surface area (Å²) >= 11 is 5.35. The fraction of sp³-hybridized carbons (Fsp3) is 1.00. The number of alkyl halides is 1. The van der Waals surface area contributed by atoms with Crippen LogP contribution in [0.15, 0.2) is 0 Å². The van der Waals surface area contributed by atoms with Crippen molar-refractivity contribution >= 4 is 11.6 Å². The Kier molecular flexibility index (Phi) is 3.13. The molecule has 0 saturated carbocycles. The third kappa shape index (κ3) is 1.79. The molecular formula is C6H11ClO6. The predicted molar refractivity (Wildman–Crippen MR) is 40.8 cm³/mol. The molecule has 5 atom stereocenters. The molecule has 1 rings (SSSR count). The molecule has 13 heavy (non-hydrogen) atoms. The second kappa shape index (κ2) is 3.66. The van der Waals surface area contributed by atoms with Crippen LogP contribution in [0.3, 0.4) is 0 Å². The minimum Gasteiger partial charge on any atom is -0.394 e. The molecule has 1 heterocycles. The lowest BCUT2D eigenvalue weighted by atomic mass is 9.99. The fourth-order valence-corrected chi connectivity index (χ4v) is 1.35. The van der Waals surface area contributed by atoms with Gasteiger partial charge in [0.05, 0.1) is 6.61 Å². The van der Waals surface area contributed by atoms with E-state index in [1.54, 1.807) is 0 Å². The minimum absolute atomic E-state index is 0.625. The molecule has 0 bridgehead atoms. The molecule has 78 valence electrons. The van der Waals surface area contributed by atoms with Crippen molar-refractivity contribution in [3.8, 4) is 0 Å². The average Bonchev–Trinajstić information content (AvgIpc) is 2.09. The Morgan fingerprint density at radius 2 is 1.77 bits per heavy atom. The molecule has 6 nitrogen and oxygen atoms in total. The van der Waals surface area contributed by atoms with E-state index in [-0.39, 0.29) is 0 Å². The first-order chi connectivity index (χ1) is 5.91. The topological polar surface area (TPSA) is 110 Å². The molecule has 0 aromatic heterocycles. The molecule has 0 aliphatic carbocycles. The first-order valence-corrected chi connectivity index (χ1v) is 4.01. The number of hydrogen-bond acceptors (Lipinski definition) is 6. The van der Waals surface area contributed by atoms with Crippen LogP contribution in [0.25, 0.3) is 0 Å². The molecule has 0 aromatic carbocycles. The summed E-state index contributed by atoms with van der Waals surface area (Å²) < 4.78 is 4.56. The summed E-state index contributed by atoms with van der Waals surface area (Å²) in [6.45, 7) is -0.625. The summed E-state index contributed by atoms with van der Waals surface area (Å²) in [6, 6.07) is 0. The van der Waals surface area contributed by atoms with Crippen LogP contribution in [0.5, 0.6) is 0 Å². The molecule has 0 amide bonds. The van der Waals surface area contributed by atoms with Crippen LogP contribution in [0.2, 0.25) is 0 Å². The Bertz CT molecular complexity index is 186. The van der Waals surface area contributed by atoms with Crippen molar-refractivity contribution in [1.29, 1.82) is 0 Å². The van der Waals surface area contributed by atoms with Crippen LogP contribution in [0.4, 0.5) is 0 Å². The second-order valence-corrected chi connectivity index (χ2v) is 3.47. The molecule has 7 heteroatoms. The fourth-order valence-electron chi connectivity index (χ4n) is 1.11. The number of rotatable bonds is 1. The number of aliphatic hydroxyl groups is 5. The highest BCUT2D eigenvalue weighted by atomic mass is 35.5. The van der Waals surface area contributed by atoms with Crippen LogP contribution >= 0.6 is 11.6 Å². The van der Waals surface area contributed by atoms with Gasteiger partial charge in [-0.3, -0.25) is 0 Å². The highest BCUT2D eigenvalue weighted by molar-refractivity contribution is 6.23. The highest BCUT2D eigenvalue weighted by Crippen LogP contribution is 2.32. The third-order valence-electron chi connectivity index (χ3n) is 1.95. The Morgan fingerprint density at radius 1 is 1.23 bits per heavy atom. The lowest BCUT2D eigenvalue weighted by molar-refractivity contribution is -0.298. The van der Waals surface area contributed by atoms with Crippen molar-refractivity contribution in [2.24, 2.45) is 0 Å². The molecule has 1 aliphatic rings. The molecule has 0 spiro atoms. The van der Waals surface area contributed by atoms with Crippen LogP contribution in [-0.4, -0.2) is 61.8 Å². The average molecular weight is 215 g/mol. The Morgan fingerprint density at radius 3 is 2.23 bits per heavy atom. The van der Waals surface area contributed by atoms with Crippen molar-refractivity contribution < 1.29 is 30.3 Å². The van der Waals surface area contributed by atoms with Gasteiger partial charge in [0.15, 0.2) is 11.4 Å². The largest absolute Gasteiger partial charge is 0.394 e. The monoisotopic (exact) mass is 214 g/mol. The first-order valence-electron chi connectivity index (χ1n) is 3.63. The zero-order valence-electron chi connectivity index (χ0n) is 6.54. The maximum Gasteiger partial charge on any atom is 0.198 e. The van der Waals surface area contributed by atoms with Gasteiger partial charge in [-0.05, 0) is 0 Å². The van der Waals surface area contributed by atoms with Gasteiger partial charge in [0, 0.05) is 0 Å². The van der Waals surface area contributed by atoms with E-state index in [0.717, 1.165) is 0 Å². The molecule has 5 N–H and O–H groups in total. The van der Waals surface area contributed by atoms with E-state index in [9.17, 15) is 10.2 Å². The van der Waals surface area contributed by atoms with E-state index in [1.165, 1.54) is 0 Å². The Labute approximate surface area is 78.9 Å². The molecule has 0 aromatic rings. The van der Waals surface area contributed by atoms with Crippen LogP contribution in [0.1, 0.15) is 0 Å². The molecule has 0 radical (unpaired) electrons. The second-order valence-electron chi connectivity index (χ2n) is 2.86. The van der Waals surface area contributed by atoms with Crippen molar-refractivity contribution in [3.63, 3.8) is 0 Å². The molecule has 1 fully saturated rings. The Balaban J connectivity index is 2.82. The maximum atomic E-state index is 9.30. The van der Waals surface area contributed by atoms with Gasteiger partial charge in [-0.15, -0.1) is 0 Å². The summed E-state index contributed by atoms with van der Waals surface area (Å²) in [5.74, 6) is 0. The van der Waals surface area contributed by atoms with E-state index in [0.29, 0.717) is 0 Å². The maximum absolute atomic E-state index is 9.30.